The molecule has 0 aliphatic carbocycles. The molecular formula is C26H31BN2O5. The second kappa shape index (κ2) is 8.67. The number of rotatable bonds is 5. The Balaban J connectivity index is 1.87. The Kier molecular flexibility index (Phi) is 6.16. The summed E-state index contributed by atoms with van der Waals surface area (Å²) in [6, 6.07) is 11.3. The lowest BCUT2D eigenvalue weighted by Gasteiger charge is -2.32. The first-order valence-electron chi connectivity index (χ1n) is 11.5. The summed E-state index contributed by atoms with van der Waals surface area (Å²) < 4.78 is 19.2. The number of nitrogens with zero attached hydrogens (tertiary/aromatic N) is 2. The van der Waals surface area contributed by atoms with Gasteiger partial charge in [-0.25, -0.2) is 0 Å². The average Bonchev–Trinajstić information content (AvgIpc) is 2.98. The second-order valence-electron chi connectivity index (χ2n) is 10.1. The molecular weight excluding hydrogens is 431 g/mol. The van der Waals surface area contributed by atoms with Gasteiger partial charge in [-0.1, -0.05) is 32.0 Å². The summed E-state index contributed by atoms with van der Waals surface area (Å²) in [5.41, 5.74) is 1.64. The van der Waals surface area contributed by atoms with E-state index < -0.39 is 24.3 Å². The van der Waals surface area contributed by atoms with Gasteiger partial charge in [-0.3, -0.25) is 9.59 Å². The van der Waals surface area contributed by atoms with E-state index in [9.17, 15) is 9.59 Å². The number of ether oxygens (including phenoxy) is 1. The first kappa shape index (κ1) is 24.2. The summed E-state index contributed by atoms with van der Waals surface area (Å²) >= 11 is 0. The van der Waals surface area contributed by atoms with E-state index in [0.29, 0.717) is 28.0 Å². The smallest absolute Gasteiger partial charge is 0.461 e. The molecule has 0 bridgehead atoms. The third kappa shape index (κ3) is 4.28. The van der Waals surface area contributed by atoms with E-state index in [1.165, 1.54) is 11.6 Å². The quantitative estimate of drug-likeness (QED) is 0.423. The third-order valence-electron chi connectivity index (χ3n) is 6.82. The fraction of sp³-hybridized carbons (Fsp3) is 0.423. The molecule has 0 amide bonds. The van der Waals surface area contributed by atoms with Gasteiger partial charge in [0.15, 0.2) is 0 Å². The van der Waals surface area contributed by atoms with E-state index in [-0.39, 0.29) is 12.2 Å². The van der Waals surface area contributed by atoms with Crippen molar-refractivity contribution in [3.63, 3.8) is 0 Å². The highest BCUT2D eigenvalue weighted by molar-refractivity contribution is 6.62. The number of esters is 1. The molecule has 3 aromatic rings. The molecule has 178 valence electrons. The molecule has 1 aliphatic heterocycles. The van der Waals surface area contributed by atoms with Crippen LogP contribution in [0.25, 0.3) is 16.5 Å². The van der Waals surface area contributed by atoms with E-state index in [2.05, 4.69) is 18.9 Å². The monoisotopic (exact) mass is 462 g/mol. The Morgan fingerprint density at radius 2 is 1.79 bits per heavy atom. The highest BCUT2D eigenvalue weighted by Crippen LogP contribution is 2.37. The van der Waals surface area contributed by atoms with E-state index in [4.69, 9.17) is 14.0 Å². The van der Waals surface area contributed by atoms with Crippen LogP contribution >= 0.6 is 0 Å². The van der Waals surface area contributed by atoms with Crippen molar-refractivity contribution in [1.29, 1.82) is 0 Å². The zero-order chi connectivity index (χ0) is 24.8. The van der Waals surface area contributed by atoms with Crippen LogP contribution in [0, 0.1) is 0 Å². The van der Waals surface area contributed by atoms with Gasteiger partial charge in [-0.05, 0) is 62.8 Å². The van der Waals surface area contributed by atoms with Crippen molar-refractivity contribution >= 4 is 29.3 Å². The average molecular weight is 462 g/mol. The van der Waals surface area contributed by atoms with Gasteiger partial charge in [0.25, 0.3) is 5.56 Å². The number of aromatic nitrogens is 2. The van der Waals surface area contributed by atoms with E-state index in [0.717, 1.165) is 10.9 Å². The minimum Gasteiger partial charge on any atom is -0.461 e. The van der Waals surface area contributed by atoms with Crippen molar-refractivity contribution in [2.45, 2.75) is 72.2 Å². The number of fused-ring (bicyclic) bond motifs is 1. The SMILES string of the molecule is CC(=O)OCc1c(B2OC(C)(C)C(C)(C)O2)cccc1-n1ncc2cc(C(C)C)ccc2c1=O. The molecule has 2 aromatic carbocycles. The van der Waals surface area contributed by atoms with Crippen LogP contribution in [0.15, 0.2) is 47.4 Å². The number of hydrogen-bond acceptors (Lipinski definition) is 6. The van der Waals surface area contributed by atoms with Gasteiger partial charge in [0.1, 0.15) is 6.61 Å². The van der Waals surface area contributed by atoms with E-state index >= 15 is 0 Å². The van der Waals surface area contributed by atoms with Crippen molar-refractivity contribution in [1.82, 2.24) is 9.78 Å². The van der Waals surface area contributed by atoms with Gasteiger partial charge in [-0.2, -0.15) is 9.78 Å². The van der Waals surface area contributed by atoms with Crippen molar-refractivity contribution < 1.29 is 18.8 Å². The normalized spacial score (nSPS) is 16.9. The minimum atomic E-state index is -0.680. The maximum Gasteiger partial charge on any atom is 0.495 e. The number of benzene rings is 2. The Morgan fingerprint density at radius 3 is 2.41 bits per heavy atom. The molecule has 2 heterocycles. The van der Waals surface area contributed by atoms with E-state index in [1.807, 2.05) is 58.0 Å². The van der Waals surface area contributed by atoms with Gasteiger partial charge in [0.05, 0.1) is 28.5 Å². The lowest BCUT2D eigenvalue weighted by molar-refractivity contribution is -0.142. The van der Waals surface area contributed by atoms with Gasteiger partial charge in [-0.15, -0.1) is 0 Å². The second-order valence-corrected chi connectivity index (χ2v) is 10.1. The molecule has 34 heavy (non-hydrogen) atoms. The molecule has 7 nitrogen and oxygen atoms in total. The Labute approximate surface area is 200 Å². The predicted molar refractivity (Wildman–Crippen MR) is 133 cm³/mol. The first-order chi connectivity index (χ1) is 15.9. The summed E-state index contributed by atoms with van der Waals surface area (Å²) in [6.07, 6.45) is 1.69. The minimum absolute atomic E-state index is 0.0383. The number of carbonyl (C=O) groups excluding carboxylic acids is 1. The maximum absolute atomic E-state index is 13.5. The van der Waals surface area contributed by atoms with Crippen molar-refractivity contribution in [2.75, 3.05) is 0 Å². The van der Waals surface area contributed by atoms with Crippen LogP contribution in [-0.4, -0.2) is 34.1 Å². The molecule has 1 fully saturated rings. The van der Waals surface area contributed by atoms with Gasteiger partial charge in [0, 0.05) is 17.9 Å². The summed E-state index contributed by atoms with van der Waals surface area (Å²) in [5, 5.41) is 5.83. The molecule has 1 saturated heterocycles. The first-order valence-corrected chi connectivity index (χ1v) is 11.5. The Morgan fingerprint density at radius 1 is 1.12 bits per heavy atom. The lowest BCUT2D eigenvalue weighted by atomic mass is 9.75. The number of carbonyl (C=O) groups is 1. The van der Waals surface area contributed by atoms with Gasteiger partial charge in [0.2, 0.25) is 0 Å². The standard InChI is InChI=1S/C26H31BN2O5/c1-16(2)18-11-12-20-19(13-18)14-28-29(24(20)31)23-10-8-9-22(21(23)15-32-17(3)30)27-33-25(4,5)26(6,7)34-27/h8-14,16H,15H2,1-7H3. The number of hydrogen-bond donors (Lipinski definition) is 0. The molecule has 8 heteroatoms. The van der Waals surface area contributed by atoms with Crippen molar-refractivity contribution in [2.24, 2.45) is 0 Å². The molecule has 0 radical (unpaired) electrons. The zero-order valence-corrected chi connectivity index (χ0v) is 20.8. The summed E-state index contributed by atoms with van der Waals surface area (Å²) in [7, 11) is -0.680. The van der Waals surface area contributed by atoms with Crippen LogP contribution in [0.5, 0.6) is 0 Å². The molecule has 1 aromatic heterocycles. The third-order valence-corrected chi connectivity index (χ3v) is 6.82. The van der Waals surface area contributed by atoms with Crippen molar-refractivity contribution in [3.8, 4) is 5.69 Å². The molecule has 0 unspecified atom stereocenters. The topological polar surface area (TPSA) is 79.7 Å². The van der Waals surface area contributed by atoms with Crippen LogP contribution < -0.4 is 11.0 Å². The fourth-order valence-corrected chi connectivity index (χ4v) is 4.01. The summed E-state index contributed by atoms with van der Waals surface area (Å²) in [5.74, 6) is -0.0755. The molecule has 1 aliphatic rings. The van der Waals surface area contributed by atoms with Crippen molar-refractivity contribution in [3.05, 3.63) is 64.1 Å². The Bertz CT molecular complexity index is 1300. The van der Waals surface area contributed by atoms with Crippen LogP contribution in [0.2, 0.25) is 0 Å². The molecule has 0 atom stereocenters. The lowest BCUT2D eigenvalue weighted by Crippen LogP contribution is -2.41. The highest BCUT2D eigenvalue weighted by Gasteiger charge is 2.52. The molecule has 0 spiro atoms. The molecule has 0 N–H and O–H groups in total. The van der Waals surface area contributed by atoms with E-state index in [1.54, 1.807) is 12.3 Å². The van der Waals surface area contributed by atoms with Crippen LogP contribution in [0.3, 0.4) is 0 Å². The van der Waals surface area contributed by atoms with Crippen LogP contribution in [-0.2, 0) is 25.4 Å². The molecule has 0 saturated carbocycles. The predicted octanol–water partition coefficient (Wildman–Crippen LogP) is 3.87. The largest absolute Gasteiger partial charge is 0.495 e. The van der Waals surface area contributed by atoms with Gasteiger partial charge >= 0.3 is 13.1 Å². The van der Waals surface area contributed by atoms with Crippen LogP contribution in [0.4, 0.5) is 0 Å². The zero-order valence-electron chi connectivity index (χ0n) is 20.8. The highest BCUT2D eigenvalue weighted by atomic mass is 16.7. The maximum atomic E-state index is 13.5. The Hall–Kier alpha value is -2.97. The van der Waals surface area contributed by atoms with Crippen LogP contribution in [0.1, 0.15) is 65.5 Å². The van der Waals surface area contributed by atoms with Gasteiger partial charge < -0.3 is 14.0 Å². The fourth-order valence-electron chi connectivity index (χ4n) is 4.01. The summed E-state index contributed by atoms with van der Waals surface area (Å²) in [4.78, 5) is 25.1. The molecule has 4 rings (SSSR count). The summed E-state index contributed by atoms with van der Waals surface area (Å²) in [6.45, 7) is 13.4.